The zero-order valence-electron chi connectivity index (χ0n) is 20.5. The molecular weight excluding hydrogens is 372 g/mol. The molecule has 0 saturated heterocycles. The van der Waals surface area contributed by atoms with Gasteiger partial charge in [0.05, 0.1) is 0 Å². The lowest BCUT2D eigenvalue weighted by atomic mass is 10.2. The highest BCUT2D eigenvalue weighted by Gasteiger charge is 2.17. The third-order valence-corrected chi connectivity index (χ3v) is 2.86. The third-order valence-electron chi connectivity index (χ3n) is 2.86. The molecule has 4 heteroatoms. The van der Waals surface area contributed by atoms with E-state index in [1.165, 1.54) is 12.8 Å². The fraction of sp³-hybridized carbons (Fsp3) is 0.423. The summed E-state index contributed by atoms with van der Waals surface area (Å²) in [5.74, 6) is 1.45. The number of aliphatic imine (C=N–C) groups is 1. The molecule has 1 N–H and O–H groups in total. The lowest BCUT2D eigenvalue weighted by molar-refractivity contribution is -0.518. The monoisotopic (exact) mass is 414 g/mol. The lowest BCUT2D eigenvalue weighted by Crippen LogP contribution is -2.76. The van der Waals surface area contributed by atoms with Crippen LogP contribution in [0, 0.1) is 6.41 Å². The standard InChI is InChI=1S/C16H14N2O2.2C3H8.2C2H6/c1-17-10-12-6-2-4-8-14(12)19-16-18-11-13-7-3-5-9-15(13)20-16;2*1-3-2;2*1-2/h2-11,18H,1H3;2*3H2,1-2H3;2*1-2H3. The molecule has 0 fully saturated rings. The molecule has 4 nitrogen and oxygen atoms in total. The molecule has 0 spiro atoms. The second-order valence-electron chi connectivity index (χ2n) is 5.66. The molecule has 168 valence electrons. The number of hydrogen-bond acceptors (Lipinski definition) is 3. The summed E-state index contributed by atoms with van der Waals surface area (Å²) in [6, 6.07) is 15.4. The van der Waals surface area contributed by atoms with E-state index in [1.54, 1.807) is 13.3 Å². The molecule has 0 aromatic heterocycles. The Morgan fingerprint density at radius 2 is 1.43 bits per heavy atom. The zero-order valence-corrected chi connectivity index (χ0v) is 20.5. The van der Waals surface area contributed by atoms with E-state index in [2.05, 4.69) is 37.7 Å². The van der Waals surface area contributed by atoms with Crippen LogP contribution in [-0.2, 0) is 0 Å². The van der Waals surface area contributed by atoms with Gasteiger partial charge in [0.25, 0.3) is 0 Å². The molecule has 1 aliphatic rings. The van der Waals surface area contributed by atoms with Crippen molar-refractivity contribution in [3.8, 4) is 11.5 Å². The first-order valence-corrected chi connectivity index (χ1v) is 11.1. The van der Waals surface area contributed by atoms with Crippen molar-refractivity contribution in [2.45, 2.75) is 68.2 Å². The second-order valence-corrected chi connectivity index (χ2v) is 5.66. The summed E-state index contributed by atoms with van der Waals surface area (Å²) in [5.41, 5.74) is 1.88. The Kier molecular flexibility index (Phi) is 20.6. The Morgan fingerprint density at radius 3 is 2.03 bits per heavy atom. The highest BCUT2D eigenvalue weighted by atomic mass is 16.7. The van der Waals surface area contributed by atoms with E-state index in [0.717, 1.165) is 16.9 Å². The minimum Gasteiger partial charge on any atom is -0.465 e. The highest BCUT2D eigenvalue weighted by molar-refractivity contribution is 5.83. The van der Waals surface area contributed by atoms with E-state index in [1.807, 2.05) is 82.4 Å². The first-order chi connectivity index (χ1) is 14.7. The second kappa shape index (κ2) is 21.0. The van der Waals surface area contributed by atoms with Gasteiger partial charge in [0.15, 0.2) is 0 Å². The van der Waals surface area contributed by atoms with Crippen LogP contribution >= 0.6 is 0 Å². The van der Waals surface area contributed by atoms with Crippen molar-refractivity contribution in [1.82, 2.24) is 0 Å². The van der Waals surface area contributed by atoms with E-state index < -0.39 is 0 Å². The molecule has 0 unspecified atom stereocenters. The molecule has 0 amide bonds. The quantitative estimate of drug-likeness (QED) is 0.492. The van der Waals surface area contributed by atoms with Crippen molar-refractivity contribution in [2.75, 3.05) is 7.05 Å². The number of fused-ring (bicyclic) bond motifs is 1. The van der Waals surface area contributed by atoms with Crippen LogP contribution in [0.25, 0.3) is 0 Å². The fourth-order valence-electron chi connectivity index (χ4n) is 1.93. The largest absolute Gasteiger partial charge is 0.465 e. The number of para-hydroxylation sites is 2. The SMILES string of the molecule is CC.CC.CCC.CCC.CN=Cc1ccccc1O[C-]1[NH+]=Cc2ccccc2O1. The fourth-order valence-corrected chi connectivity index (χ4v) is 1.93. The van der Waals surface area contributed by atoms with Gasteiger partial charge in [-0.25, -0.2) is 0 Å². The molecule has 0 bridgehead atoms. The van der Waals surface area contributed by atoms with Crippen molar-refractivity contribution in [1.29, 1.82) is 0 Å². The highest BCUT2D eigenvalue weighted by Crippen LogP contribution is 2.22. The number of hydrogen-bond donors (Lipinski definition) is 1. The van der Waals surface area contributed by atoms with Crippen molar-refractivity contribution >= 4 is 12.4 Å². The van der Waals surface area contributed by atoms with Crippen LogP contribution < -0.4 is 14.5 Å². The summed E-state index contributed by atoms with van der Waals surface area (Å²) in [5, 5.41) is 0. The van der Waals surface area contributed by atoms with E-state index in [0.29, 0.717) is 12.2 Å². The molecule has 3 rings (SSSR count). The topological polar surface area (TPSA) is 44.8 Å². The van der Waals surface area contributed by atoms with E-state index in [9.17, 15) is 0 Å². The average molecular weight is 415 g/mol. The number of ether oxygens (including phenoxy) is 2. The number of nitrogens with one attached hydrogen (secondary N) is 1. The van der Waals surface area contributed by atoms with Crippen LogP contribution in [0.15, 0.2) is 53.5 Å². The number of rotatable bonds is 3. The molecular formula is C26H42N2O2. The summed E-state index contributed by atoms with van der Waals surface area (Å²) in [7, 11) is 1.73. The van der Waals surface area contributed by atoms with Gasteiger partial charge in [-0.15, -0.1) is 0 Å². The Morgan fingerprint density at radius 1 is 0.900 bits per heavy atom. The van der Waals surface area contributed by atoms with Crippen molar-refractivity contribution in [3.05, 3.63) is 66.1 Å². The van der Waals surface area contributed by atoms with Gasteiger partial charge in [0.1, 0.15) is 11.5 Å². The molecule has 1 aliphatic heterocycles. The normalized spacial score (nSPS) is 10.4. The summed E-state index contributed by atoms with van der Waals surface area (Å²) in [4.78, 5) is 7.01. The van der Waals surface area contributed by atoms with Gasteiger partial charge in [-0.2, -0.15) is 0 Å². The maximum atomic E-state index is 5.76. The molecule has 2 aromatic carbocycles. The maximum absolute atomic E-state index is 5.76. The van der Waals surface area contributed by atoms with Gasteiger partial charge in [0.2, 0.25) is 0 Å². The van der Waals surface area contributed by atoms with Gasteiger partial charge in [-0.1, -0.05) is 98.6 Å². The minimum absolute atomic E-state index is 0.334. The lowest BCUT2D eigenvalue weighted by Gasteiger charge is -2.23. The van der Waals surface area contributed by atoms with Crippen molar-refractivity contribution in [2.24, 2.45) is 4.99 Å². The first kappa shape index (κ1) is 29.5. The molecule has 0 radical (unpaired) electrons. The average Bonchev–Trinajstić information content (AvgIpc) is 2.79. The summed E-state index contributed by atoms with van der Waals surface area (Å²) >= 11 is 0. The zero-order chi connectivity index (χ0) is 23.2. The van der Waals surface area contributed by atoms with Crippen LogP contribution in [-0.4, -0.2) is 19.5 Å². The third kappa shape index (κ3) is 11.9. The van der Waals surface area contributed by atoms with Gasteiger partial charge >= 0.3 is 6.41 Å². The molecule has 1 heterocycles. The predicted octanol–water partition coefficient (Wildman–Crippen LogP) is 6.04. The van der Waals surface area contributed by atoms with Gasteiger partial charge < -0.3 is 14.5 Å². The van der Waals surface area contributed by atoms with Crippen LogP contribution in [0.4, 0.5) is 0 Å². The predicted molar refractivity (Wildman–Crippen MR) is 132 cm³/mol. The Hall–Kier alpha value is -2.75. The molecule has 0 atom stereocenters. The van der Waals surface area contributed by atoms with E-state index in [4.69, 9.17) is 9.47 Å². The molecule has 0 saturated carbocycles. The molecule has 30 heavy (non-hydrogen) atoms. The molecule has 0 aliphatic carbocycles. The van der Waals surface area contributed by atoms with Crippen LogP contribution in [0.3, 0.4) is 0 Å². The Labute approximate surface area is 185 Å². The summed E-state index contributed by atoms with van der Waals surface area (Å²) in [6.07, 6.45) is 6.43. The van der Waals surface area contributed by atoms with E-state index >= 15 is 0 Å². The van der Waals surface area contributed by atoms with E-state index in [-0.39, 0.29) is 0 Å². The van der Waals surface area contributed by atoms with Crippen LogP contribution in [0.1, 0.15) is 79.4 Å². The van der Waals surface area contributed by atoms with Gasteiger partial charge in [-0.05, 0) is 23.8 Å². The first-order valence-electron chi connectivity index (χ1n) is 11.1. The van der Waals surface area contributed by atoms with Crippen LogP contribution in [0.2, 0.25) is 0 Å². The van der Waals surface area contributed by atoms with Gasteiger partial charge in [0, 0.05) is 25.0 Å². The summed E-state index contributed by atoms with van der Waals surface area (Å²) in [6.45, 7) is 16.5. The van der Waals surface area contributed by atoms with Crippen LogP contribution in [0.5, 0.6) is 11.5 Å². The Balaban J connectivity index is 0. The number of nitrogens with zero attached hydrogens (tertiary/aromatic N) is 1. The van der Waals surface area contributed by atoms with Crippen molar-refractivity contribution < 1.29 is 14.5 Å². The molecule has 2 aromatic rings. The maximum Gasteiger partial charge on any atom is 0.404 e. The minimum atomic E-state index is 0.334. The Bertz CT molecular complexity index is 695. The number of benzene rings is 2. The summed E-state index contributed by atoms with van der Waals surface area (Å²) < 4.78 is 11.4. The van der Waals surface area contributed by atoms with Crippen molar-refractivity contribution in [3.63, 3.8) is 0 Å². The smallest absolute Gasteiger partial charge is 0.404 e. The van der Waals surface area contributed by atoms with Gasteiger partial charge in [-0.3, -0.25) is 4.99 Å².